The molecule has 0 aromatic carbocycles. The minimum Gasteiger partial charge on any atom is -0.346 e. The molecule has 0 spiro atoms. The first-order valence-electron chi connectivity index (χ1n) is 10.7. The molecule has 4 aromatic rings. The fourth-order valence-corrected chi connectivity index (χ4v) is 3.98. The molecule has 0 unspecified atom stereocenters. The molecule has 0 aliphatic carbocycles. The summed E-state index contributed by atoms with van der Waals surface area (Å²) in [6, 6.07) is 9.90. The van der Waals surface area contributed by atoms with Crippen molar-refractivity contribution in [1.82, 2.24) is 24.8 Å². The van der Waals surface area contributed by atoms with Gasteiger partial charge in [0.25, 0.3) is 11.5 Å². The van der Waals surface area contributed by atoms with Crippen LogP contribution in [0.25, 0.3) is 22.2 Å². The van der Waals surface area contributed by atoms with E-state index >= 15 is 0 Å². The highest BCUT2D eigenvalue weighted by Gasteiger charge is 2.19. The van der Waals surface area contributed by atoms with Crippen molar-refractivity contribution in [3.8, 4) is 11.3 Å². The molecule has 4 aromatic heterocycles. The number of aryl methyl sites for hydroxylation is 3. The second kappa shape index (κ2) is 8.42. The molecule has 2 N–H and O–H groups in total. The number of nitrogens with one attached hydrogen (secondary N) is 2. The molecular weight excluding hydrogens is 402 g/mol. The summed E-state index contributed by atoms with van der Waals surface area (Å²) in [6.07, 6.45) is 3.72. The minimum absolute atomic E-state index is 0.132. The lowest BCUT2D eigenvalue weighted by molar-refractivity contribution is 0.0947. The van der Waals surface area contributed by atoms with E-state index in [-0.39, 0.29) is 24.1 Å². The minimum atomic E-state index is -0.316. The van der Waals surface area contributed by atoms with Crippen molar-refractivity contribution in [3.63, 3.8) is 0 Å². The van der Waals surface area contributed by atoms with E-state index in [2.05, 4.69) is 33.7 Å². The fourth-order valence-electron chi connectivity index (χ4n) is 3.98. The number of aromatic amines is 1. The Labute approximate surface area is 186 Å². The zero-order valence-corrected chi connectivity index (χ0v) is 19.0. The van der Waals surface area contributed by atoms with Gasteiger partial charge < -0.3 is 14.9 Å². The normalized spacial score (nSPS) is 11.3. The van der Waals surface area contributed by atoms with Crippen LogP contribution in [0.4, 0.5) is 0 Å². The summed E-state index contributed by atoms with van der Waals surface area (Å²) in [6.45, 7) is 9.96. The van der Waals surface area contributed by atoms with Gasteiger partial charge in [0.2, 0.25) is 0 Å². The number of aromatic nitrogens is 4. The largest absolute Gasteiger partial charge is 0.346 e. The quantitative estimate of drug-likeness (QED) is 0.497. The molecule has 0 radical (unpaired) electrons. The average Bonchev–Trinajstić information content (AvgIpc) is 3.16. The van der Waals surface area contributed by atoms with Crippen molar-refractivity contribution < 1.29 is 4.79 Å². The lowest BCUT2D eigenvalue weighted by Crippen LogP contribution is -2.28. The molecule has 0 bridgehead atoms. The van der Waals surface area contributed by atoms with E-state index in [9.17, 15) is 9.59 Å². The Balaban J connectivity index is 1.77. The highest BCUT2D eigenvalue weighted by Crippen LogP contribution is 2.28. The van der Waals surface area contributed by atoms with Crippen LogP contribution in [0.2, 0.25) is 0 Å². The maximum absolute atomic E-state index is 13.2. The van der Waals surface area contributed by atoms with Gasteiger partial charge in [-0.1, -0.05) is 0 Å². The van der Waals surface area contributed by atoms with E-state index in [0.29, 0.717) is 17.0 Å². The van der Waals surface area contributed by atoms with E-state index in [1.807, 2.05) is 57.3 Å². The average molecular weight is 430 g/mol. The maximum atomic E-state index is 13.2. The van der Waals surface area contributed by atoms with Crippen molar-refractivity contribution >= 4 is 16.8 Å². The summed E-state index contributed by atoms with van der Waals surface area (Å²) in [7, 11) is 0. The van der Waals surface area contributed by atoms with Crippen LogP contribution in [0.15, 0.2) is 47.5 Å². The molecule has 164 valence electrons. The number of carbonyl (C=O) groups excluding carboxylic acids is 1. The fraction of sp³-hybridized carbons (Fsp3) is 0.280. The number of amides is 1. The molecule has 0 saturated heterocycles. The first-order chi connectivity index (χ1) is 15.2. The van der Waals surface area contributed by atoms with E-state index in [1.54, 1.807) is 6.20 Å². The summed E-state index contributed by atoms with van der Waals surface area (Å²) in [5, 5.41) is 3.67. The number of nitrogens with zero attached hydrogens (tertiary/aromatic N) is 3. The zero-order chi connectivity index (χ0) is 23.0. The van der Waals surface area contributed by atoms with Crippen LogP contribution in [0.5, 0.6) is 0 Å². The third-order valence-corrected chi connectivity index (χ3v) is 5.60. The summed E-state index contributed by atoms with van der Waals surface area (Å²) in [5.74, 6) is -0.316. The Bertz CT molecular complexity index is 1380. The van der Waals surface area contributed by atoms with Gasteiger partial charge in [0.05, 0.1) is 11.2 Å². The van der Waals surface area contributed by atoms with Gasteiger partial charge in [0.1, 0.15) is 5.69 Å². The van der Waals surface area contributed by atoms with Crippen molar-refractivity contribution in [2.24, 2.45) is 0 Å². The van der Waals surface area contributed by atoms with Gasteiger partial charge in [-0.05, 0) is 70.5 Å². The zero-order valence-electron chi connectivity index (χ0n) is 19.0. The van der Waals surface area contributed by atoms with Crippen LogP contribution in [-0.4, -0.2) is 25.4 Å². The molecule has 0 aliphatic heterocycles. The van der Waals surface area contributed by atoms with Crippen molar-refractivity contribution in [1.29, 1.82) is 0 Å². The van der Waals surface area contributed by atoms with Crippen molar-refractivity contribution in [2.75, 3.05) is 0 Å². The van der Waals surface area contributed by atoms with E-state index in [1.165, 1.54) is 0 Å². The third kappa shape index (κ3) is 4.06. The molecule has 4 heterocycles. The SMILES string of the molecule is Cc1cc(-c2cc3c(ccn3C(C)C)c(C(=O)NCc3c(C)cc(C)[nH]c3=O)n2)ccn1. The molecule has 0 atom stereocenters. The van der Waals surface area contributed by atoms with Crippen LogP contribution in [0, 0.1) is 20.8 Å². The monoisotopic (exact) mass is 429 g/mol. The molecule has 0 fully saturated rings. The third-order valence-electron chi connectivity index (χ3n) is 5.60. The lowest BCUT2D eigenvalue weighted by atomic mass is 10.1. The summed E-state index contributed by atoms with van der Waals surface area (Å²) in [5.41, 5.74) is 5.76. The number of rotatable bonds is 5. The Hall–Kier alpha value is -3.74. The Kier molecular flexibility index (Phi) is 5.65. The van der Waals surface area contributed by atoms with Gasteiger partial charge in [0.15, 0.2) is 0 Å². The van der Waals surface area contributed by atoms with Crippen LogP contribution in [-0.2, 0) is 6.54 Å². The van der Waals surface area contributed by atoms with Gasteiger partial charge in [-0.25, -0.2) is 4.98 Å². The van der Waals surface area contributed by atoms with Crippen LogP contribution in [0.1, 0.15) is 52.9 Å². The molecule has 32 heavy (non-hydrogen) atoms. The van der Waals surface area contributed by atoms with Gasteiger partial charge in [-0.3, -0.25) is 14.6 Å². The summed E-state index contributed by atoms with van der Waals surface area (Å²) < 4.78 is 2.13. The van der Waals surface area contributed by atoms with Crippen LogP contribution < -0.4 is 10.9 Å². The lowest BCUT2D eigenvalue weighted by Gasteiger charge is -2.13. The van der Waals surface area contributed by atoms with Gasteiger partial charge >= 0.3 is 0 Å². The topological polar surface area (TPSA) is 92.7 Å². The van der Waals surface area contributed by atoms with E-state index < -0.39 is 0 Å². The van der Waals surface area contributed by atoms with Gasteiger partial charge in [0, 0.05) is 52.9 Å². The second-order valence-corrected chi connectivity index (χ2v) is 8.42. The number of pyridine rings is 3. The Morgan fingerprint density at radius 1 is 1.16 bits per heavy atom. The first-order valence-corrected chi connectivity index (χ1v) is 10.7. The first kappa shape index (κ1) is 21.5. The molecule has 0 saturated carbocycles. The number of carbonyl (C=O) groups is 1. The number of fused-ring (bicyclic) bond motifs is 1. The van der Waals surface area contributed by atoms with Gasteiger partial charge in [-0.2, -0.15) is 0 Å². The Morgan fingerprint density at radius 3 is 2.62 bits per heavy atom. The predicted octanol–water partition coefficient (Wildman–Crippen LogP) is 4.22. The summed E-state index contributed by atoms with van der Waals surface area (Å²) in [4.78, 5) is 37.4. The highest BCUT2D eigenvalue weighted by atomic mass is 16.2. The van der Waals surface area contributed by atoms with Crippen LogP contribution >= 0.6 is 0 Å². The van der Waals surface area contributed by atoms with E-state index in [0.717, 1.165) is 33.4 Å². The van der Waals surface area contributed by atoms with Crippen molar-refractivity contribution in [2.45, 2.75) is 47.2 Å². The molecule has 1 amide bonds. The molecule has 7 heteroatoms. The number of H-pyrrole nitrogens is 1. The smallest absolute Gasteiger partial charge is 0.270 e. The predicted molar refractivity (Wildman–Crippen MR) is 126 cm³/mol. The number of hydrogen-bond donors (Lipinski definition) is 2. The summed E-state index contributed by atoms with van der Waals surface area (Å²) >= 11 is 0. The van der Waals surface area contributed by atoms with Crippen molar-refractivity contribution in [3.05, 3.63) is 81.3 Å². The second-order valence-electron chi connectivity index (χ2n) is 8.42. The highest BCUT2D eigenvalue weighted by molar-refractivity contribution is 6.05. The molecular formula is C25H27N5O2. The molecule has 7 nitrogen and oxygen atoms in total. The van der Waals surface area contributed by atoms with Gasteiger partial charge in [-0.15, -0.1) is 0 Å². The number of hydrogen-bond acceptors (Lipinski definition) is 4. The van der Waals surface area contributed by atoms with Crippen LogP contribution in [0.3, 0.4) is 0 Å². The molecule has 0 aliphatic rings. The standard InChI is InChI=1S/C25H27N5O2/c1-14(2)30-9-7-19-22(30)12-21(18-6-8-26-16(4)11-18)29-23(19)25(32)27-13-20-15(3)10-17(5)28-24(20)31/h6-12,14H,13H2,1-5H3,(H,27,32)(H,28,31). The molecule has 4 rings (SSSR count). The Morgan fingerprint density at radius 2 is 1.94 bits per heavy atom. The maximum Gasteiger partial charge on any atom is 0.270 e. The van der Waals surface area contributed by atoms with E-state index in [4.69, 9.17) is 4.98 Å².